The highest BCUT2D eigenvalue weighted by molar-refractivity contribution is 4.97. The fourth-order valence-corrected chi connectivity index (χ4v) is 1.40. The topological polar surface area (TPSA) is 45.4 Å². The Labute approximate surface area is 85.1 Å². The Kier molecular flexibility index (Phi) is 4.70. The van der Waals surface area contributed by atoms with E-state index in [1.54, 1.807) is 6.26 Å². The van der Waals surface area contributed by atoms with Gasteiger partial charge in [0, 0.05) is 6.54 Å². The predicted octanol–water partition coefficient (Wildman–Crippen LogP) is 1.78. The highest BCUT2D eigenvalue weighted by Gasteiger charge is 2.06. The standard InChI is InChI=1S/C11H19NO2/c1-9(2)6-10(13)7-12-8-11-4-3-5-14-11/h3-5,9-10,12-13H,6-8H2,1-2H3. The Bertz CT molecular complexity index is 231. The molecule has 1 aromatic rings. The van der Waals surface area contributed by atoms with Crippen LogP contribution in [0.2, 0.25) is 0 Å². The molecule has 0 aliphatic heterocycles. The molecule has 1 heterocycles. The van der Waals surface area contributed by atoms with Crippen LogP contribution in [0.1, 0.15) is 26.0 Å². The third kappa shape index (κ3) is 4.44. The van der Waals surface area contributed by atoms with Gasteiger partial charge < -0.3 is 14.8 Å². The summed E-state index contributed by atoms with van der Waals surface area (Å²) in [7, 11) is 0. The average molecular weight is 197 g/mol. The van der Waals surface area contributed by atoms with Gasteiger partial charge in [0.15, 0.2) is 0 Å². The van der Waals surface area contributed by atoms with E-state index in [4.69, 9.17) is 4.42 Å². The first-order chi connectivity index (χ1) is 6.68. The molecule has 3 heteroatoms. The van der Waals surface area contributed by atoms with Gasteiger partial charge in [-0.3, -0.25) is 0 Å². The molecule has 14 heavy (non-hydrogen) atoms. The number of hydrogen-bond donors (Lipinski definition) is 2. The van der Waals surface area contributed by atoms with Crippen molar-refractivity contribution in [3.05, 3.63) is 24.2 Å². The molecule has 0 fully saturated rings. The second kappa shape index (κ2) is 5.83. The van der Waals surface area contributed by atoms with Crippen molar-refractivity contribution < 1.29 is 9.52 Å². The zero-order valence-corrected chi connectivity index (χ0v) is 8.86. The van der Waals surface area contributed by atoms with Gasteiger partial charge in [0.05, 0.1) is 18.9 Å². The minimum atomic E-state index is -0.259. The van der Waals surface area contributed by atoms with Gasteiger partial charge in [0.25, 0.3) is 0 Å². The molecule has 0 saturated heterocycles. The Morgan fingerprint density at radius 3 is 2.86 bits per heavy atom. The highest BCUT2D eigenvalue weighted by atomic mass is 16.3. The van der Waals surface area contributed by atoms with Crippen LogP contribution < -0.4 is 5.32 Å². The summed E-state index contributed by atoms with van der Waals surface area (Å²) in [5, 5.41) is 12.7. The second-order valence-corrected chi connectivity index (χ2v) is 3.99. The Morgan fingerprint density at radius 2 is 2.29 bits per heavy atom. The lowest BCUT2D eigenvalue weighted by molar-refractivity contribution is 0.145. The number of aliphatic hydroxyl groups is 1. The van der Waals surface area contributed by atoms with Crippen molar-refractivity contribution in [2.75, 3.05) is 6.54 Å². The largest absolute Gasteiger partial charge is 0.468 e. The minimum Gasteiger partial charge on any atom is -0.468 e. The average Bonchev–Trinajstić information content (AvgIpc) is 2.55. The maximum absolute atomic E-state index is 9.56. The van der Waals surface area contributed by atoms with Crippen LogP contribution in [0, 0.1) is 5.92 Å². The molecule has 80 valence electrons. The normalized spacial score (nSPS) is 13.4. The van der Waals surface area contributed by atoms with Gasteiger partial charge in [-0.2, -0.15) is 0 Å². The van der Waals surface area contributed by atoms with Crippen LogP contribution in [0.15, 0.2) is 22.8 Å². The quantitative estimate of drug-likeness (QED) is 0.730. The number of rotatable bonds is 6. The van der Waals surface area contributed by atoms with Gasteiger partial charge in [-0.15, -0.1) is 0 Å². The Hall–Kier alpha value is -0.800. The summed E-state index contributed by atoms with van der Waals surface area (Å²) in [6, 6.07) is 3.78. The SMILES string of the molecule is CC(C)CC(O)CNCc1ccco1. The van der Waals surface area contributed by atoms with Crippen LogP contribution in [0.5, 0.6) is 0 Å². The third-order valence-electron chi connectivity index (χ3n) is 2.00. The van der Waals surface area contributed by atoms with Gasteiger partial charge in [0.2, 0.25) is 0 Å². The van der Waals surface area contributed by atoms with Crippen molar-refractivity contribution in [3.63, 3.8) is 0 Å². The molecule has 3 nitrogen and oxygen atoms in total. The summed E-state index contributed by atoms with van der Waals surface area (Å²) >= 11 is 0. The van der Waals surface area contributed by atoms with Crippen LogP contribution in [-0.2, 0) is 6.54 Å². The lowest BCUT2D eigenvalue weighted by atomic mass is 10.1. The Morgan fingerprint density at radius 1 is 1.50 bits per heavy atom. The van der Waals surface area contributed by atoms with Crippen LogP contribution in [0.4, 0.5) is 0 Å². The van der Waals surface area contributed by atoms with Crippen LogP contribution in [0.3, 0.4) is 0 Å². The first-order valence-corrected chi connectivity index (χ1v) is 5.09. The number of hydrogen-bond acceptors (Lipinski definition) is 3. The maximum atomic E-state index is 9.56. The lowest BCUT2D eigenvalue weighted by Gasteiger charge is -2.13. The third-order valence-corrected chi connectivity index (χ3v) is 2.00. The highest BCUT2D eigenvalue weighted by Crippen LogP contribution is 2.04. The molecule has 1 atom stereocenters. The molecule has 0 aliphatic rings. The molecule has 0 saturated carbocycles. The second-order valence-electron chi connectivity index (χ2n) is 3.99. The van der Waals surface area contributed by atoms with Gasteiger partial charge >= 0.3 is 0 Å². The monoisotopic (exact) mass is 197 g/mol. The zero-order chi connectivity index (χ0) is 10.4. The van der Waals surface area contributed by atoms with Crippen molar-refractivity contribution in [2.45, 2.75) is 32.9 Å². The molecule has 0 bridgehead atoms. The molecule has 0 aliphatic carbocycles. The molecule has 1 rings (SSSR count). The first-order valence-electron chi connectivity index (χ1n) is 5.09. The molecule has 0 radical (unpaired) electrons. The van der Waals surface area contributed by atoms with E-state index in [0.717, 1.165) is 12.2 Å². The molecular weight excluding hydrogens is 178 g/mol. The van der Waals surface area contributed by atoms with E-state index in [0.29, 0.717) is 19.0 Å². The predicted molar refractivity (Wildman–Crippen MR) is 55.9 cm³/mol. The number of aliphatic hydroxyl groups excluding tert-OH is 1. The van der Waals surface area contributed by atoms with Crippen LogP contribution in [-0.4, -0.2) is 17.8 Å². The Balaban J connectivity index is 2.09. The smallest absolute Gasteiger partial charge is 0.117 e. The maximum Gasteiger partial charge on any atom is 0.117 e. The van der Waals surface area contributed by atoms with Crippen molar-refractivity contribution in [2.24, 2.45) is 5.92 Å². The molecule has 1 unspecified atom stereocenters. The van der Waals surface area contributed by atoms with Crippen molar-refractivity contribution in [1.82, 2.24) is 5.32 Å². The van der Waals surface area contributed by atoms with E-state index >= 15 is 0 Å². The number of nitrogens with one attached hydrogen (secondary N) is 1. The van der Waals surface area contributed by atoms with Gasteiger partial charge in [0.1, 0.15) is 5.76 Å². The van der Waals surface area contributed by atoms with E-state index in [-0.39, 0.29) is 6.10 Å². The molecule has 0 spiro atoms. The molecule has 0 aromatic carbocycles. The summed E-state index contributed by atoms with van der Waals surface area (Å²) < 4.78 is 5.15. The first kappa shape index (κ1) is 11.3. The summed E-state index contributed by atoms with van der Waals surface area (Å²) in [6.07, 6.45) is 2.23. The van der Waals surface area contributed by atoms with E-state index in [1.807, 2.05) is 12.1 Å². The van der Waals surface area contributed by atoms with Gasteiger partial charge in [-0.25, -0.2) is 0 Å². The molecular formula is C11H19NO2. The van der Waals surface area contributed by atoms with Crippen molar-refractivity contribution >= 4 is 0 Å². The fourth-order valence-electron chi connectivity index (χ4n) is 1.40. The summed E-state index contributed by atoms with van der Waals surface area (Å²) in [5.74, 6) is 1.44. The summed E-state index contributed by atoms with van der Waals surface area (Å²) in [6.45, 7) is 5.52. The van der Waals surface area contributed by atoms with Crippen molar-refractivity contribution in [1.29, 1.82) is 0 Å². The fraction of sp³-hybridized carbons (Fsp3) is 0.636. The van der Waals surface area contributed by atoms with Crippen molar-refractivity contribution in [3.8, 4) is 0 Å². The minimum absolute atomic E-state index is 0.259. The van der Waals surface area contributed by atoms with Gasteiger partial charge in [-0.1, -0.05) is 13.8 Å². The zero-order valence-electron chi connectivity index (χ0n) is 8.86. The van der Waals surface area contributed by atoms with Gasteiger partial charge in [-0.05, 0) is 24.5 Å². The van der Waals surface area contributed by atoms with E-state index in [9.17, 15) is 5.11 Å². The van der Waals surface area contributed by atoms with E-state index in [2.05, 4.69) is 19.2 Å². The summed E-state index contributed by atoms with van der Waals surface area (Å²) in [5.41, 5.74) is 0. The molecule has 2 N–H and O–H groups in total. The summed E-state index contributed by atoms with van der Waals surface area (Å²) in [4.78, 5) is 0. The van der Waals surface area contributed by atoms with Crippen LogP contribution >= 0.6 is 0 Å². The lowest BCUT2D eigenvalue weighted by Crippen LogP contribution is -2.27. The van der Waals surface area contributed by atoms with E-state index < -0.39 is 0 Å². The molecule has 0 amide bonds. The van der Waals surface area contributed by atoms with E-state index in [1.165, 1.54) is 0 Å². The molecule has 1 aromatic heterocycles. The number of furan rings is 1. The van der Waals surface area contributed by atoms with Crippen LogP contribution in [0.25, 0.3) is 0 Å².